The Hall–Kier alpha value is -1.64. The van der Waals surface area contributed by atoms with E-state index >= 15 is 0 Å². The average Bonchev–Trinajstić information content (AvgIpc) is 3.04. The standard InChI is InChI=1S/C18H25N3/c1-18(21-12-11-20-15-21,13-16-5-3-2-4-6-16)14-17-7-9-19-10-8-17/h7-12,15-16H,2-6,13-14H2,1H3. The first kappa shape index (κ1) is 14.3. The number of nitrogens with zero attached hydrogens (tertiary/aromatic N) is 3. The number of hydrogen-bond acceptors (Lipinski definition) is 2. The van der Waals surface area contributed by atoms with E-state index in [1.807, 2.05) is 24.9 Å². The first-order valence-electron chi connectivity index (χ1n) is 8.14. The molecule has 3 rings (SSSR count). The van der Waals surface area contributed by atoms with E-state index in [2.05, 4.69) is 39.8 Å². The van der Waals surface area contributed by atoms with E-state index in [0.29, 0.717) is 0 Å². The van der Waals surface area contributed by atoms with Gasteiger partial charge in [-0.25, -0.2) is 4.98 Å². The molecule has 1 atom stereocenters. The highest BCUT2D eigenvalue weighted by Crippen LogP contribution is 2.36. The molecule has 0 saturated heterocycles. The molecule has 2 aromatic heterocycles. The predicted molar refractivity (Wildman–Crippen MR) is 85.0 cm³/mol. The van der Waals surface area contributed by atoms with Gasteiger partial charge >= 0.3 is 0 Å². The third-order valence-electron chi connectivity index (χ3n) is 4.92. The largest absolute Gasteiger partial charge is 0.331 e. The maximum atomic E-state index is 4.27. The summed E-state index contributed by atoms with van der Waals surface area (Å²) in [6.45, 7) is 2.38. The van der Waals surface area contributed by atoms with Crippen molar-refractivity contribution < 1.29 is 0 Å². The molecule has 0 aliphatic heterocycles. The van der Waals surface area contributed by atoms with Gasteiger partial charge < -0.3 is 4.57 Å². The number of imidazole rings is 1. The Morgan fingerprint density at radius 3 is 2.52 bits per heavy atom. The molecule has 3 nitrogen and oxygen atoms in total. The second kappa shape index (κ2) is 6.42. The van der Waals surface area contributed by atoms with Gasteiger partial charge in [0.15, 0.2) is 0 Å². The molecule has 0 spiro atoms. The minimum Gasteiger partial charge on any atom is -0.331 e. The van der Waals surface area contributed by atoms with Crippen LogP contribution in [0.5, 0.6) is 0 Å². The van der Waals surface area contributed by atoms with Crippen LogP contribution in [0.1, 0.15) is 51.0 Å². The van der Waals surface area contributed by atoms with Crippen molar-refractivity contribution >= 4 is 0 Å². The SMILES string of the molecule is CC(Cc1ccncc1)(CC1CCCCC1)n1ccnc1. The maximum Gasteiger partial charge on any atom is 0.0951 e. The van der Waals surface area contributed by atoms with Crippen LogP contribution in [0.15, 0.2) is 43.2 Å². The molecule has 2 heterocycles. The third kappa shape index (κ3) is 3.52. The van der Waals surface area contributed by atoms with Gasteiger partial charge in [0.2, 0.25) is 0 Å². The zero-order chi connectivity index (χ0) is 14.5. The Kier molecular flexibility index (Phi) is 4.37. The highest BCUT2D eigenvalue weighted by atomic mass is 15.1. The average molecular weight is 283 g/mol. The lowest BCUT2D eigenvalue weighted by molar-refractivity contribution is 0.203. The molecule has 1 saturated carbocycles. The molecular weight excluding hydrogens is 258 g/mol. The molecule has 0 bridgehead atoms. The monoisotopic (exact) mass is 283 g/mol. The molecule has 1 aliphatic carbocycles. The summed E-state index contributed by atoms with van der Waals surface area (Å²) >= 11 is 0. The maximum absolute atomic E-state index is 4.27. The van der Waals surface area contributed by atoms with Gasteiger partial charge in [0.05, 0.1) is 6.33 Å². The van der Waals surface area contributed by atoms with Gasteiger partial charge in [-0.15, -0.1) is 0 Å². The summed E-state index contributed by atoms with van der Waals surface area (Å²) in [5, 5.41) is 0. The first-order valence-corrected chi connectivity index (χ1v) is 8.14. The Balaban J connectivity index is 1.80. The van der Waals surface area contributed by atoms with Crippen LogP contribution in [-0.2, 0) is 12.0 Å². The van der Waals surface area contributed by atoms with Gasteiger partial charge in [-0.05, 0) is 43.4 Å². The summed E-state index contributed by atoms with van der Waals surface area (Å²) in [7, 11) is 0. The molecule has 112 valence electrons. The molecule has 1 aliphatic rings. The van der Waals surface area contributed by atoms with E-state index < -0.39 is 0 Å². The van der Waals surface area contributed by atoms with Gasteiger partial charge in [-0.2, -0.15) is 0 Å². The molecule has 2 aromatic rings. The van der Waals surface area contributed by atoms with Gasteiger partial charge in [-0.1, -0.05) is 32.1 Å². The van der Waals surface area contributed by atoms with Crippen molar-refractivity contribution in [2.45, 2.75) is 57.4 Å². The lowest BCUT2D eigenvalue weighted by atomic mass is 9.77. The van der Waals surface area contributed by atoms with E-state index in [1.54, 1.807) is 0 Å². The van der Waals surface area contributed by atoms with E-state index in [9.17, 15) is 0 Å². The third-order valence-corrected chi connectivity index (χ3v) is 4.92. The van der Waals surface area contributed by atoms with Crippen molar-refractivity contribution in [3.05, 3.63) is 48.8 Å². The Morgan fingerprint density at radius 1 is 1.10 bits per heavy atom. The van der Waals surface area contributed by atoms with E-state index in [0.717, 1.165) is 12.3 Å². The minimum absolute atomic E-state index is 0.111. The number of hydrogen-bond donors (Lipinski definition) is 0. The van der Waals surface area contributed by atoms with Crippen LogP contribution in [0.3, 0.4) is 0 Å². The molecule has 1 unspecified atom stereocenters. The number of pyridine rings is 1. The lowest BCUT2D eigenvalue weighted by Crippen LogP contribution is -2.34. The molecule has 0 N–H and O–H groups in total. The van der Waals surface area contributed by atoms with E-state index in [-0.39, 0.29) is 5.54 Å². The quantitative estimate of drug-likeness (QED) is 0.823. The molecule has 0 radical (unpaired) electrons. The Labute approximate surface area is 127 Å². The highest BCUT2D eigenvalue weighted by Gasteiger charge is 2.30. The van der Waals surface area contributed by atoms with Crippen molar-refractivity contribution in [1.82, 2.24) is 14.5 Å². The molecule has 21 heavy (non-hydrogen) atoms. The van der Waals surface area contributed by atoms with Crippen LogP contribution >= 0.6 is 0 Å². The summed E-state index contributed by atoms with van der Waals surface area (Å²) in [5.41, 5.74) is 1.47. The fourth-order valence-electron chi connectivity index (χ4n) is 3.80. The normalized spacial score (nSPS) is 19.3. The smallest absolute Gasteiger partial charge is 0.0951 e. The first-order chi connectivity index (χ1) is 10.3. The van der Waals surface area contributed by atoms with Crippen molar-refractivity contribution in [3.63, 3.8) is 0 Å². The molecular formula is C18H25N3. The second-order valence-corrected chi connectivity index (χ2v) is 6.71. The van der Waals surface area contributed by atoms with Gasteiger partial charge in [0.25, 0.3) is 0 Å². The van der Waals surface area contributed by atoms with Gasteiger partial charge in [0.1, 0.15) is 0 Å². The van der Waals surface area contributed by atoms with Crippen molar-refractivity contribution in [2.24, 2.45) is 5.92 Å². The molecule has 1 fully saturated rings. The fourth-order valence-corrected chi connectivity index (χ4v) is 3.80. The van der Waals surface area contributed by atoms with Crippen LogP contribution in [0.2, 0.25) is 0 Å². The van der Waals surface area contributed by atoms with Crippen molar-refractivity contribution in [2.75, 3.05) is 0 Å². The van der Waals surface area contributed by atoms with Crippen LogP contribution in [0, 0.1) is 5.92 Å². The Morgan fingerprint density at radius 2 is 1.86 bits per heavy atom. The zero-order valence-electron chi connectivity index (χ0n) is 12.9. The van der Waals surface area contributed by atoms with Gasteiger partial charge in [-0.3, -0.25) is 4.98 Å². The summed E-state index contributed by atoms with van der Waals surface area (Å²) in [6, 6.07) is 4.27. The summed E-state index contributed by atoms with van der Waals surface area (Å²) in [6.07, 6.45) is 19.1. The van der Waals surface area contributed by atoms with Crippen molar-refractivity contribution in [3.8, 4) is 0 Å². The summed E-state index contributed by atoms with van der Waals surface area (Å²) in [5.74, 6) is 0.855. The molecule has 0 amide bonds. The zero-order valence-corrected chi connectivity index (χ0v) is 12.9. The number of rotatable bonds is 5. The lowest BCUT2D eigenvalue weighted by Gasteiger charge is -2.36. The van der Waals surface area contributed by atoms with Crippen LogP contribution in [-0.4, -0.2) is 14.5 Å². The number of aromatic nitrogens is 3. The molecule has 0 aromatic carbocycles. The Bertz CT molecular complexity index is 529. The minimum atomic E-state index is 0.111. The van der Waals surface area contributed by atoms with Crippen LogP contribution in [0.25, 0.3) is 0 Å². The summed E-state index contributed by atoms with van der Waals surface area (Å²) < 4.78 is 2.31. The van der Waals surface area contributed by atoms with E-state index in [4.69, 9.17) is 0 Å². The highest BCUT2D eigenvalue weighted by molar-refractivity contribution is 5.13. The van der Waals surface area contributed by atoms with Crippen molar-refractivity contribution in [1.29, 1.82) is 0 Å². The topological polar surface area (TPSA) is 30.7 Å². The fraction of sp³-hybridized carbons (Fsp3) is 0.556. The van der Waals surface area contributed by atoms with E-state index in [1.165, 1.54) is 44.1 Å². The van der Waals surface area contributed by atoms with Crippen LogP contribution in [0.4, 0.5) is 0 Å². The summed E-state index contributed by atoms with van der Waals surface area (Å²) in [4.78, 5) is 8.41. The van der Waals surface area contributed by atoms with Crippen LogP contribution < -0.4 is 0 Å². The second-order valence-electron chi connectivity index (χ2n) is 6.71. The van der Waals surface area contributed by atoms with Gasteiger partial charge in [0, 0.05) is 30.3 Å². The predicted octanol–water partition coefficient (Wildman–Crippen LogP) is 4.21. The molecule has 3 heteroatoms.